The van der Waals surface area contributed by atoms with Crippen LogP contribution >= 0.6 is 11.3 Å². The highest BCUT2D eigenvalue weighted by molar-refractivity contribution is 7.13. The number of amides is 1. The Morgan fingerprint density at radius 3 is 2.85 bits per heavy atom. The third kappa shape index (κ3) is 6.33. The van der Waals surface area contributed by atoms with Crippen LogP contribution in [0.3, 0.4) is 0 Å². The van der Waals surface area contributed by atoms with Gasteiger partial charge in [0.1, 0.15) is 5.76 Å². The molecule has 2 aromatic heterocycles. The highest BCUT2D eigenvalue weighted by Gasteiger charge is 2.28. The van der Waals surface area contributed by atoms with Crippen LogP contribution in [-0.4, -0.2) is 53.1 Å². The number of carbonyl (C=O) groups excluding carboxylic acids is 1. The van der Waals surface area contributed by atoms with E-state index in [1.807, 2.05) is 6.07 Å². The molecule has 2 fully saturated rings. The van der Waals surface area contributed by atoms with E-state index in [1.165, 1.54) is 24.2 Å². The first kappa shape index (κ1) is 23.7. The minimum Gasteiger partial charge on any atom is -0.464 e. The summed E-state index contributed by atoms with van der Waals surface area (Å²) in [5.41, 5.74) is 1.96. The monoisotopic (exact) mass is 494 g/mol. The van der Waals surface area contributed by atoms with Gasteiger partial charge in [-0.2, -0.15) is 0 Å². The van der Waals surface area contributed by atoms with Crippen molar-refractivity contribution in [1.29, 1.82) is 0 Å². The lowest BCUT2D eigenvalue weighted by atomic mass is 9.84. The van der Waals surface area contributed by atoms with Gasteiger partial charge in [-0.15, -0.1) is 0 Å². The largest absolute Gasteiger partial charge is 0.464 e. The van der Waals surface area contributed by atoms with Crippen LogP contribution < -0.4 is 10.1 Å². The van der Waals surface area contributed by atoms with E-state index < -0.39 is 13.0 Å². The topological polar surface area (TPSA) is 80.5 Å². The molecule has 0 saturated heterocycles. The van der Waals surface area contributed by atoms with Crippen LogP contribution in [0.5, 0.6) is 5.19 Å². The van der Waals surface area contributed by atoms with E-state index in [-0.39, 0.29) is 18.4 Å². The summed E-state index contributed by atoms with van der Waals surface area (Å²) in [4.78, 5) is 20.4. The standard InChI is InChI=1S/C24H32F2N4O3S/c25-22(26)14-32-24-28-20-13-30(10-8-21(20)34-24)9-7-15-1-5-17(6-2-15)27-23(31)12-18-11-19(29-33-18)16-3-4-16/h11,15-17,22H,1-10,12-14H2,(H,27,31). The normalized spacial score (nSPS) is 23.1. The van der Waals surface area contributed by atoms with Crippen molar-refractivity contribution in [3.63, 3.8) is 0 Å². The molecule has 0 radical (unpaired) electrons. The van der Waals surface area contributed by atoms with Crippen LogP contribution in [0.1, 0.15) is 72.9 Å². The van der Waals surface area contributed by atoms with Crippen molar-refractivity contribution in [3.05, 3.63) is 28.1 Å². The number of fused-ring (bicyclic) bond motifs is 1. The second kappa shape index (κ2) is 10.7. The number of thiazole rings is 1. The van der Waals surface area contributed by atoms with E-state index in [0.29, 0.717) is 22.8 Å². The molecule has 0 spiro atoms. The van der Waals surface area contributed by atoms with Crippen molar-refractivity contribution >= 4 is 17.2 Å². The van der Waals surface area contributed by atoms with Crippen molar-refractivity contribution in [2.75, 3.05) is 19.7 Å². The Morgan fingerprint density at radius 1 is 1.26 bits per heavy atom. The summed E-state index contributed by atoms with van der Waals surface area (Å²) in [6.07, 6.45) is 6.45. The second-order valence-electron chi connectivity index (χ2n) is 9.82. The molecule has 2 saturated carbocycles. The predicted octanol–water partition coefficient (Wildman–Crippen LogP) is 4.32. The van der Waals surface area contributed by atoms with Crippen LogP contribution in [0, 0.1) is 5.92 Å². The summed E-state index contributed by atoms with van der Waals surface area (Å²) in [6.45, 7) is 2.15. The molecule has 10 heteroatoms. The Bertz CT molecular complexity index is 969. The Labute approximate surface area is 202 Å². The lowest BCUT2D eigenvalue weighted by molar-refractivity contribution is -0.121. The van der Waals surface area contributed by atoms with E-state index in [4.69, 9.17) is 9.26 Å². The van der Waals surface area contributed by atoms with E-state index in [1.54, 1.807) is 0 Å². The van der Waals surface area contributed by atoms with Gasteiger partial charge in [-0.05, 0) is 63.8 Å². The summed E-state index contributed by atoms with van der Waals surface area (Å²) in [6, 6.07) is 2.18. The lowest BCUT2D eigenvalue weighted by Gasteiger charge is -2.31. The SMILES string of the molecule is O=C(Cc1cc(C2CC2)no1)NC1CCC(CCN2CCc3sc(OCC(F)F)nc3C2)CC1. The van der Waals surface area contributed by atoms with Gasteiger partial charge < -0.3 is 14.6 Å². The molecule has 1 aliphatic heterocycles. The molecule has 2 aliphatic carbocycles. The maximum Gasteiger partial charge on any atom is 0.273 e. The van der Waals surface area contributed by atoms with Gasteiger partial charge in [0.15, 0.2) is 6.61 Å². The van der Waals surface area contributed by atoms with E-state index >= 15 is 0 Å². The lowest BCUT2D eigenvalue weighted by Crippen LogP contribution is -2.39. The molecule has 0 aromatic carbocycles. The Kier molecular flexibility index (Phi) is 7.43. The molecule has 7 nitrogen and oxygen atoms in total. The molecule has 1 amide bonds. The van der Waals surface area contributed by atoms with Crippen molar-refractivity contribution in [2.24, 2.45) is 5.92 Å². The maximum absolute atomic E-state index is 12.4. The van der Waals surface area contributed by atoms with Crippen LogP contribution in [0.25, 0.3) is 0 Å². The quantitative estimate of drug-likeness (QED) is 0.530. The highest BCUT2D eigenvalue weighted by Crippen LogP contribution is 2.39. The number of alkyl halides is 2. The van der Waals surface area contributed by atoms with E-state index in [2.05, 4.69) is 20.4 Å². The van der Waals surface area contributed by atoms with Crippen LogP contribution in [0.15, 0.2) is 10.6 Å². The first-order chi connectivity index (χ1) is 16.5. The number of nitrogens with zero attached hydrogens (tertiary/aromatic N) is 3. The zero-order valence-electron chi connectivity index (χ0n) is 19.3. The van der Waals surface area contributed by atoms with Crippen LogP contribution in [0.4, 0.5) is 8.78 Å². The number of halogens is 2. The number of carbonyl (C=O) groups is 1. The number of hydrogen-bond acceptors (Lipinski definition) is 7. The number of ether oxygens (including phenoxy) is 1. The van der Waals surface area contributed by atoms with Gasteiger partial charge in [0.25, 0.3) is 11.6 Å². The Hall–Kier alpha value is -2.07. The number of aromatic nitrogens is 2. The first-order valence-electron chi connectivity index (χ1n) is 12.4. The van der Waals surface area contributed by atoms with Gasteiger partial charge in [-0.25, -0.2) is 13.8 Å². The van der Waals surface area contributed by atoms with Gasteiger partial charge in [0.05, 0.1) is 17.8 Å². The van der Waals surface area contributed by atoms with Crippen LogP contribution in [0.2, 0.25) is 0 Å². The zero-order chi connectivity index (χ0) is 23.5. The molecule has 34 heavy (non-hydrogen) atoms. The summed E-state index contributed by atoms with van der Waals surface area (Å²) in [5, 5.41) is 7.61. The average molecular weight is 495 g/mol. The van der Waals surface area contributed by atoms with Gasteiger partial charge in [-0.3, -0.25) is 9.69 Å². The third-order valence-corrected chi connectivity index (χ3v) is 8.16. The van der Waals surface area contributed by atoms with Gasteiger partial charge in [0.2, 0.25) is 5.91 Å². The fourth-order valence-electron chi connectivity index (χ4n) is 5.00. The van der Waals surface area contributed by atoms with Gasteiger partial charge >= 0.3 is 0 Å². The summed E-state index contributed by atoms with van der Waals surface area (Å²) >= 11 is 1.40. The molecule has 3 aliphatic rings. The molecule has 0 bridgehead atoms. The predicted molar refractivity (Wildman–Crippen MR) is 123 cm³/mol. The number of rotatable bonds is 10. The van der Waals surface area contributed by atoms with E-state index in [0.717, 1.165) is 74.4 Å². The second-order valence-corrected chi connectivity index (χ2v) is 10.9. The Morgan fingerprint density at radius 2 is 2.09 bits per heavy atom. The molecule has 0 unspecified atom stereocenters. The molecular weight excluding hydrogens is 462 g/mol. The van der Waals surface area contributed by atoms with Crippen molar-refractivity contribution in [2.45, 2.75) is 82.7 Å². The molecule has 2 aromatic rings. The fraction of sp³-hybridized carbons (Fsp3) is 0.708. The minimum absolute atomic E-state index is 0.0197. The molecule has 5 rings (SSSR count). The van der Waals surface area contributed by atoms with Crippen molar-refractivity contribution in [1.82, 2.24) is 20.4 Å². The maximum atomic E-state index is 12.4. The number of hydrogen-bond donors (Lipinski definition) is 1. The number of nitrogens with one attached hydrogen (secondary N) is 1. The summed E-state index contributed by atoms with van der Waals surface area (Å²) < 4.78 is 35.1. The third-order valence-electron chi connectivity index (χ3n) is 7.09. The summed E-state index contributed by atoms with van der Waals surface area (Å²) in [7, 11) is 0. The van der Waals surface area contributed by atoms with Crippen molar-refractivity contribution in [3.8, 4) is 5.19 Å². The summed E-state index contributed by atoms with van der Waals surface area (Å²) in [5.74, 6) is 1.89. The highest BCUT2D eigenvalue weighted by atomic mass is 32.1. The molecular formula is C24H32F2N4O3S. The smallest absolute Gasteiger partial charge is 0.273 e. The molecule has 0 atom stereocenters. The van der Waals surface area contributed by atoms with Crippen molar-refractivity contribution < 1.29 is 22.8 Å². The minimum atomic E-state index is -2.48. The Balaban J connectivity index is 0.993. The first-order valence-corrected chi connectivity index (χ1v) is 13.2. The van der Waals surface area contributed by atoms with Gasteiger partial charge in [-0.1, -0.05) is 16.5 Å². The molecule has 1 N–H and O–H groups in total. The van der Waals surface area contributed by atoms with Gasteiger partial charge in [0, 0.05) is 36.0 Å². The average Bonchev–Trinajstić information content (AvgIpc) is 3.43. The van der Waals surface area contributed by atoms with Crippen LogP contribution in [-0.2, 0) is 24.2 Å². The zero-order valence-corrected chi connectivity index (χ0v) is 20.1. The molecule has 3 heterocycles. The molecule has 186 valence electrons. The van der Waals surface area contributed by atoms with E-state index in [9.17, 15) is 13.6 Å². The fourth-order valence-corrected chi connectivity index (χ4v) is 5.91.